The van der Waals surface area contributed by atoms with Gasteiger partial charge in [-0.1, -0.05) is 27.2 Å². The Hall–Kier alpha value is -0.0800. The normalized spacial score (nSPS) is 22.7. The summed E-state index contributed by atoms with van der Waals surface area (Å²) in [6.07, 6.45) is 8.48. The van der Waals surface area contributed by atoms with Gasteiger partial charge in [0.25, 0.3) is 0 Å². The van der Waals surface area contributed by atoms with Crippen LogP contribution in [0.4, 0.5) is 0 Å². The van der Waals surface area contributed by atoms with Crippen molar-refractivity contribution in [3.05, 3.63) is 0 Å². The summed E-state index contributed by atoms with van der Waals surface area (Å²) >= 11 is 0. The Kier molecular flexibility index (Phi) is 6.15. The zero-order chi connectivity index (χ0) is 13.7. The van der Waals surface area contributed by atoms with E-state index < -0.39 is 0 Å². The summed E-state index contributed by atoms with van der Waals surface area (Å²) in [4.78, 5) is 2.79. The van der Waals surface area contributed by atoms with Gasteiger partial charge >= 0.3 is 0 Å². The molecule has 0 aromatic rings. The lowest BCUT2D eigenvalue weighted by molar-refractivity contribution is 0.197. The quantitative estimate of drug-likeness (QED) is 0.615. The van der Waals surface area contributed by atoms with Crippen LogP contribution in [0.15, 0.2) is 0 Å². The molecule has 112 valence electrons. The lowest BCUT2D eigenvalue weighted by Gasteiger charge is -2.31. The second-order valence-corrected chi connectivity index (χ2v) is 7.05. The lowest BCUT2D eigenvalue weighted by Crippen LogP contribution is -2.46. The summed E-state index contributed by atoms with van der Waals surface area (Å²) in [5, 5.41) is 3.80. The van der Waals surface area contributed by atoms with Crippen molar-refractivity contribution in [3.8, 4) is 0 Å². The molecular weight excluding hydrogens is 232 g/mol. The number of nitrogens with one attached hydrogen (secondary N) is 1. The van der Waals surface area contributed by atoms with Crippen LogP contribution >= 0.6 is 0 Å². The highest BCUT2D eigenvalue weighted by Gasteiger charge is 2.30. The molecule has 0 aliphatic heterocycles. The van der Waals surface area contributed by atoms with Gasteiger partial charge in [0.15, 0.2) is 0 Å². The summed E-state index contributed by atoms with van der Waals surface area (Å²) in [6, 6.07) is 0.697. The van der Waals surface area contributed by atoms with Gasteiger partial charge in [-0.3, -0.25) is 0 Å². The number of nitrogens with zero attached hydrogens (tertiary/aromatic N) is 1. The first-order valence-corrected chi connectivity index (χ1v) is 8.68. The van der Waals surface area contributed by atoms with Crippen LogP contribution in [0.25, 0.3) is 0 Å². The minimum atomic E-state index is 0.697. The first kappa shape index (κ1) is 15.3. The molecular formula is C17H34N2. The Bertz CT molecular complexity index is 232. The van der Waals surface area contributed by atoms with E-state index in [4.69, 9.17) is 0 Å². The van der Waals surface area contributed by atoms with Crippen molar-refractivity contribution in [2.45, 2.75) is 65.3 Å². The van der Waals surface area contributed by atoms with Crippen LogP contribution in [-0.2, 0) is 0 Å². The molecule has 2 saturated carbocycles. The third-order valence-corrected chi connectivity index (χ3v) is 4.87. The molecule has 0 aromatic heterocycles. The molecule has 0 bridgehead atoms. The Morgan fingerprint density at radius 1 is 1.05 bits per heavy atom. The van der Waals surface area contributed by atoms with Crippen molar-refractivity contribution >= 4 is 0 Å². The van der Waals surface area contributed by atoms with Gasteiger partial charge in [0.2, 0.25) is 0 Å². The molecule has 2 heteroatoms. The zero-order valence-electron chi connectivity index (χ0n) is 13.3. The molecule has 0 spiro atoms. The second-order valence-electron chi connectivity index (χ2n) is 7.05. The highest BCUT2D eigenvalue weighted by Crippen LogP contribution is 2.34. The fourth-order valence-corrected chi connectivity index (χ4v) is 2.89. The Morgan fingerprint density at radius 2 is 1.63 bits per heavy atom. The molecule has 0 heterocycles. The smallest absolute Gasteiger partial charge is 0.0220 e. The molecule has 2 atom stereocenters. The molecule has 0 aromatic carbocycles. The predicted molar refractivity (Wildman–Crippen MR) is 83.4 cm³/mol. The van der Waals surface area contributed by atoms with E-state index in [2.05, 4.69) is 31.0 Å². The van der Waals surface area contributed by atoms with Gasteiger partial charge in [-0.15, -0.1) is 0 Å². The SMILES string of the molecule is CCCNC(CN(CC1CC1)CC1CC1)C(C)CC. The molecule has 19 heavy (non-hydrogen) atoms. The van der Waals surface area contributed by atoms with Gasteiger partial charge in [0, 0.05) is 25.7 Å². The molecule has 2 aliphatic carbocycles. The van der Waals surface area contributed by atoms with Gasteiger partial charge in [0.05, 0.1) is 0 Å². The summed E-state index contributed by atoms with van der Waals surface area (Å²) in [5.41, 5.74) is 0. The van der Waals surface area contributed by atoms with Crippen molar-refractivity contribution in [2.75, 3.05) is 26.2 Å². The molecule has 1 N–H and O–H groups in total. The summed E-state index contributed by atoms with van der Waals surface area (Å²) < 4.78 is 0. The maximum atomic E-state index is 3.80. The fourth-order valence-electron chi connectivity index (χ4n) is 2.89. The van der Waals surface area contributed by atoms with E-state index in [0.29, 0.717) is 6.04 Å². The monoisotopic (exact) mass is 266 g/mol. The van der Waals surface area contributed by atoms with Gasteiger partial charge in [0.1, 0.15) is 0 Å². The topological polar surface area (TPSA) is 15.3 Å². The predicted octanol–water partition coefficient (Wildman–Crippen LogP) is 3.52. The van der Waals surface area contributed by atoms with Crippen molar-refractivity contribution in [2.24, 2.45) is 17.8 Å². The minimum Gasteiger partial charge on any atom is -0.312 e. The Balaban J connectivity index is 1.81. The minimum absolute atomic E-state index is 0.697. The van der Waals surface area contributed by atoms with Crippen LogP contribution < -0.4 is 5.32 Å². The van der Waals surface area contributed by atoms with Gasteiger partial charge in [-0.25, -0.2) is 0 Å². The van der Waals surface area contributed by atoms with Crippen LogP contribution in [0.3, 0.4) is 0 Å². The molecule has 2 fully saturated rings. The Labute approximate surface area is 120 Å². The molecule has 2 rings (SSSR count). The van der Waals surface area contributed by atoms with E-state index in [1.807, 2.05) is 0 Å². The van der Waals surface area contributed by atoms with Crippen LogP contribution in [0.5, 0.6) is 0 Å². The third kappa shape index (κ3) is 5.83. The number of hydrogen-bond donors (Lipinski definition) is 1. The standard InChI is InChI=1S/C17H34N2/c1-4-10-18-17(14(3)5-2)13-19(11-15-6-7-15)12-16-8-9-16/h14-18H,4-13H2,1-3H3. The van der Waals surface area contributed by atoms with E-state index in [1.54, 1.807) is 0 Å². The van der Waals surface area contributed by atoms with E-state index in [9.17, 15) is 0 Å². The third-order valence-electron chi connectivity index (χ3n) is 4.87. The first-order chi connectivity index (χ1) is 9.22. The fraction of sp³-hybridized carbons (Fsp3) is 1.00. The maximum absolute atomic E-state index is 3.80. The van der Waals surface area contributed by atoms with Crippen molar-refractivity contribution in [3.63, 3.8) is 0 Å². The highest BCUT2D eigenvalue weighted by atomic mass is 15.2. The molecule has 0 saturated heterocycles. The summed E-state index contributed by atoms with van der Waals surface area (Å²) in [6.45, 7) is 12.2. The first-order valence-electron chi connectivity index (χ1n) is 8.68. The molecule has 2 aliphatic rings. The van der Waals surface area contributed by atoms with E-state index in [-0.39, 0.29) is 0 Å². The maximum Gasteiger partial charge on any atom is 0.0220 e. The number of hydrogen-bond acceptors (Lipinski definition) is 2. The van der Waals surface area contributed by atoms with Gasteiger partial charge in [-0.05, 0) is 56.4 Å². The molecule has 2 unspecified atom stereocenters. The van der Waals surface area contributed by atoms with Crippen molar-refractivity contribution in [1.82, 2.24) is 10.2 Å². The van der Waals surface area contributed by atoms with Gasteiger partial charge in [-0.2, -0.15) is 0 Å². The number of rotatable bonds is 11. The van der Waals surface area contributed by atoms with Crippen LogP contribution in [0, 0.1) is 17.8 Å². The highest BCUT2D eigenvalue weighted by molar-refractivity contribution is 4.85. The molecule has 0 radical (unpaired) electrons. The van der Waals surface area contributed by atoms with Crippen molar-refractivity contribution in [1.29, 1.82) is 0 Å². The average Bonchev–Trinajstić information content (AvgIpc) is 3.29. The molecule has 2 nitrogen and oxygen atoms in total. The van der Waals surface area contributed by atoms with Crippen LogP contribution in [0.1, 0.15) is 59.3 Å². The molecule has 0 amide bonds. The second kappa shape index (κ2) is 7.64. The van der Waals surface area contributed by atoms with Gasteiger partial charge < -0.3 is 10.2 Å². The van der Waals surface area contributed by atoms with E-state index in [0.717, 1.165) is 17.8 Å². The van der Waals surface area contributed by atoms with Crippen LogP contribution in [0.2, 0.25) is 0 Å². The van der Waals surface area contributed by atoms with Crippen molar-refractivity contribution < 1.29 is 0 Å². The van der Waals surface area contributed by atoms with Crippen LogP contribution in [-0.4, -0.2) is 37.1 Å². The van der Waals surface area contributed by atoms with E-state index in [1.165, 1.54) is 64.7 Å². The zero-order valence-corrected chi connectivity index (χ0v) is 13.3. The largest absolute Gasteiger partial charge is 0.312 e. The summed E-state index contributed by atoms with van der Waals surface area (Å²) in [5.74, 6) is 2.86. The van der Waals surface area contributed by atoms with E-state index >= 15 is 0 Å². The summed E-state index contributed by atoms with van der Waals surface area (Å²) in [7, 11) is 0. The average molecular weight is 266 g/mol. The lowest BCUT2D eigenvalue weighted by atomic mass is 9.98. The Morgan fingerprint density at radius 3 is 2.05 bits per heavy atom.